The Hall–Kier alpha value is -2.56. The monoisotopic (exact) mass is 258 g/mol. The van der Waals surface area contributed by atoms with E-state index in [1.54, 1.807) is 60.3 Å². The molecule has 0 bridgehead atoms. The summed E-state index contributed by atoms with van der Waals surface area (Å²) in [6.07, 6.45) is 1.73. The molecule has 0 saturated heterocycles. The summed E-state index contributed by atoms with van der Waals surface area (Å²) in [5.74, 6) is -1.50. The van der Waals surface area contributed by atoms with Crippen LogP contribution in [0.25, 0.3) is 0 Å². The molecule has 0 aliphatic heterocycles. The molecule has 1 atom stereocenters. The molecule has 0 fully saturated rings. The van der Waals surface area contributed by atoms with Crippen molar-refractivity contribution in [2.45, 2.75) is 6.04 Å². The van der Waals surface area contributed by atoms with Crippen LogP contribution in [-0.2, 0) is 11.8 Å². The number of carbonyl (C=O) groups excluding carboxylic acids is 1. The number of carboxylic acid groups (broad SMARTS) is 1. The van der Waals surface area contributed by atoms with Gasteiger partial charge in [0.05, 0.1) is 0 Å². The SMILES string of the molecule is Cn1cccc1C(=O)N[C@H](C(=O)O)c1ccccc1. The topological polar surface area (TPSA) is 71.3 Å². The lowest BCUT2D eigenvalue weighted by Gasteiger charge is -2.15. The van der Waals surface area contributed by atoms with E-state index in [-0.39, 0.29) is 0 Å². The number of aryl methyl sites for hydroxylation is 1. The van der Waals surface area contributed by atoms with Gasteiger partial charge in [0.25, 0.3) is 5.91 Å². The molecule has 19 heavy (non-hydrogen) atoms. The number of aliphatic carboxylic acids is 1. The quantitative estimate of drug-likeness (QED) is 0.874. The van der Waals surface area contributed by atoms with E-state index in [9.17, 15) is 14.7 Å². The van der Waals surface area contributed by atoms with Crippen molar-refractivity contribution in [3.63, 3.8) is 0 Å². The third-order valence-electron chi connectivity index (χ3n) is 2.83. The van der Waals surface area contributed by atoms with Gasteiger partial charge in [-0.2, -0.15) is 0 Å². The first kappa shape index (κ1) is 12.9. The minimum absolute atomic E-state index is 0.413. The Morgan fingerprint density at radius 1 is 1.16 bits per heavy atom. The number of benzene rings is 1. The van der Waals surface area contributed by atoms with Crippen LogP contribution in [0.3, 0.4) is 0 Å². The number of carboxylic acids is 1. The molecule has 0 saturated carbocycles. The zero-order chi connectivity index (χ0) is 13.8. The van der Waals surface area contributed by atoms with Crippen molar-refractivity contribution in [3.05, 3.63) is 59.9 Å². The van der Waals surface area contributed by atoms with Crippen molar-refractivity contribution < 1.29 is 14.7 Å². The number of nitrogens with one attached hydrogen (secondary N) is 1. The van der Waals surface area contributed by atoms with Gasteiger partial charge in [-0.25, -0.2) is 4.79 Å². The summed E-state index contributed by atoms with van der Waals surface area (Å²) in [6, 6.07) is 10.9. The highest BCUT2D eigenvalue weighted by atomic mass is 16.4. The summed E-state index contributed by atoms with van der Waals surface area (Å²) in [4.78, 5) is 23.3. The maximum atomic E-state index is 12.0. The molecule has 0 radical (unpaired) electrons. The van der Waals surface area contributed by atoms with Crippen LogP contribution in [0.1, 0.15) is 22.1 Å². The van der Waals surface area contributed by atoms with E-state index >= 15 is 0 Å². The highest BCUT2D eigenvalue weighted by Gasteiger charge is 2.23. The third-order valence-corrected chi connectivity index (χ3v) is 2.83. The number of aromatic nitrogens is 1. The van der Waals surface area contributed by atoms with Crippen molar-refractivity contribution in [1.82, 2.24) is 9.88 Å². The molecular formula is C14H14N2O3. The van der Waals surface area contributed by atoms with Gasteiger partial charge in [-0.05, 0) is 17.7 Å². The van der Waals surface area contributed by atoms with Gasteiger partial charge < -0.3 is 15.0 Å². The van der Waals surface area contributed by atoms with Crippen molar-refractivity contribution in [2.24, 2.45) is 7.05 Å². The minimum Gasteiger partial charge on any atom is -0.479 e. The molecule has 1 aromatic carbocycles. The number of hydrogen-bond acceptors (Lipinski definition) is 2. The van der Waals surface area contributed by atoms with E-state index in [1.807, 2.05) is 0 Å². The van der Waals surface area contributed by atoms with Crippen LogP contribution < -0.4 is 5.32 Å². The van der Waals surface area contributed by atoms with Crippen LogP contribution in [0.2, 0.25) is 0 Å². The summed E-state index contributed by atoms with van der Waals surface area (Å²) >= 11 is 0. The van der Waals surface area contributed by atoms with Crippen molar-refractivity contribution in [1.29, 1.82) is 0 Å². The molecular weight excluding hydrogens is 244 g/mol. The van der Waals surface area contributed by atoms with Crippen molar-refractivity contribution >= 4 is 11.9 Å². The van der Waals surface area contributed by atoms with Gasteiger partial charge in [0.2, 0.25) is 0 Å². The highest BCUT2D eigenvalue weighted by Crippen LogP contribution is 2.13. The maximum Gasteiger partial charge on any atom is 0.330 e. The Bertz CT molecular complexity index is 590. The molecule has 0 aliphatic rings. The van der Waals surface area contributed by atoms with E-state index in [1.165, 1.54) is 0 Å². The van der Waals surface area contributed by atoms with Crippen LogP contribution in [0.5, 0.6) is 0 Å². The van der Waals surface area contributed by atoms with Gasteiger partial charge in [0.15, 0.2) is 6.04 Å². The first-order chi connectivity index (χ1) is 9.09. The molecule has 1 heterocycles. The van der Waals surface area contributed by atoms with Crippen LogP contribution in [0.15, 0.2) is 48.7 Å². The molecule has 2 rings (SSSR count). The van der Waals surface area contributed by atoms with E-state index < -0.39 is 17.9 Å². The fourth-order valence-electron chi connectivity index (χ4n) is 1.84. The Kier molecular flexibility index (Phi) is 3.66. The molecule has 98 valence electrons. The number of nitrogens with zero attached hydrogens (tertiary/aromatic N) is 1. The lowest BCUT2D eigenvalue weighted by molar-refractivity contribution is -0.139. The van der Waals surface area contributed by atoms with Gasteiger partial charge in [-0.15, -0.1) is 0 Å². The van der Waals surface area contributed by atoms with E-state index in [2.05, 4.69) is 5.32 Å². The minimum atomic E-state index is -1.09. The zero-order valence-electron chi connectivity index (χ0n) is 10.4. The van der Waals surface area contributed by atoms with Crippen molar-refractivity contribution in [2.75, 3.05) is 0 Å². The van der Waals surface area contributed by atoms with E-state index in [4.69, 9.17) is 0 Å². The average Bonchev–Trinajstić information content (AvgIpc) is 2.82. The Morgan fingerprint density at radius 2 is 1.84 bits per heavy atom. The van der Waals surface area contributed by atoms with Gasteiger partial charge in [-0.1, -0.05) is 30.3 Å². The molecule has 2 aromatic rings. The van der Waals surface area contributed by atoms with Crippen LogP contribution >= 0.6 is 0 Å². The summed E-state index contributed by atoms with van der Waals surface area (Å²) in [5, 5.41) is 11.7. The second-order valence-electron chi connectivity index (χ2n) is 4.16. The predicted molar refractivity (Wildman–Crippen MR) is 69.7 cm³/mol. The first-order valence-corrected chi connectivity index (χ1v) is 5.79. The predicted octanol–water partition coefficient (Wildman–Crippen LogP) is 1.58. The number of carbonyl (C=O) groups is 2. The molecule has 0 aliphatic carbocycles. The standard InChI is InChI=1S/C14H14N2O3/c1-16-9-5-8-11(16)13(17)15-12(14(18)19)10-6-3-2-4-7-10/h2-9,12H,1H3,(H,15,17)(H,18,19)/t12-/m0/s1. The lowest BCUT2D eigenvalue weighted by Crippen LogP contribution is -2.34. The fourth-order valence-corrected chi connectivity index (χ4v) is 1.84. The second-order valence-corrected chi connectivity index (χ2v) is 4.16. The Labute approximate surface area is 110 Å². The zero-order valence-corrected chi connectivity index (χ0v) is 10.4. The van der Waals surface area contributed by atoms with Gasteiger partial charge in [0.1, 0.15) is 5.69 Å². The molecule has 5 heteroatoms. The second kappa shape index (κ2) is 5.39. The fraction of sp³-hybridized carbons (Fsp3) is 0.143. The number of rotatable bonds is 4. The number of amides is 1. The Balaban J connectivity index is 2.21. The summed E-state index contributed by atoms with van der Waals surface area (Å²) < 4.78 is 1.64. The molecule has 1 amide bonds. The third kappa shape index (κ3) is 2.82. The normalized spacial score (nSPS) is 11.8. The maximum absolute atomic E-state index is 12.0. The van der Waals surface area contributed by atoms with Crippen LogP contribution in [0, 0.1) is 0 Å². The van der Waals surface area contributed by atoms with Crippen molar-refractivity contribution in [3.8, 4) is 0 Å². The summed E-state index contributed by atoms with van der Waals surface area (Å²) in [5.41, 5.74) is 0.958. The molecule has 2 N–H and O–H groups in total. The van der Waals surface area contributed by atoms with E-state index in [0.29, 0.717) is 11.3 Å². The van der Waals surface area contributed by atoms with Crippen LogP contribution in [0.4, 0.5) is 0 Å². The largest absolute Gasteiger partial charge is 0.479 e. The lowest BCUT2D eigenvalue weighted by atomic mass is 10.1. The molecule has 0 unspecified atom stereocenters. The smallest absolute Gasteiger partial charge is 0.330 e. The number of hydrogen-bond donors (Lipinski definition) is 2. The van der Waals surface area contributed by atoms with E-state index in [0.717, 1.165) is 0 Å². The Morgan fingerprint density at radius 3 is 2.37 bits per heavy atom. The average molecular weight is 258 g/mol. The first-order valence-electron chi connectivity index (χ1n) is 5.79. The molecule has 0 spiro atoms. The molecule has 5 nitrogen and oxygen atoms in total. The summed E-state index contributed by atoms with van der Waals surface area (Å²) in [7, 11) is 1.73. The van der Waals surface area contributed by atoms with Gasteiger partial charge >= 0.3 is 5.97 Å². The van der Waals surface area contributed by atoms with Crippen LogP contribution in [-0.4, -0.2) is 21.6 Å². The highest BCUT2D eigenvalue weighted by molar-refractivity contribution is 5.95. The van der Waals surface area contributed by atoms with Gasteiger partial charge in [0, 0.05) is 13.2 Å². The summed E-state index contributed by atoms with van der Waals surface area (Å²) in [6.45, 7) is 0. The molecule has 1 aromatic heterocycles. The van der Waals surface area contributed by atoms with Gasteiger partial charge in [-0.3, -0.25) is 4.79 Å².